The minimum Gasteiger partial charge on any atom is -0.756 e. The van der Waals surface area contributed by atoms with Crippen LogP contribution in [0.25, 0.3) is 11.2 Å². The van der Waals surface area contributed by atoms with Gasteiger partial charge in [0.2, 0.25) is 11.7 Å². The van der Waals surface area contributed by atoms with E-state index >= 15 is 0 Å². The second-order valence-electron chi connectivity index (χ2n) is 5.57. The Morgan fingerprint density at radius 2 is 2.24 bits per heavy atom. The number of hydrogen-bond acceptors (Lipinski definition) is 9. The topological polar surface area (TPSA) is 200 Å². The zero-order chi connectivity index (χ0) is 18.5. The number of nitrogens with one attached hydrogen (secondary N) is 1. The van der Waals surface area contributed by atoms with Crippen molar-refractivity contribution in [3.8, 4) is 0 Å². The summed E-state index contributed by atoms with van der Waals surface area (Å²) in [6, 6.07) is 0. The fourth-order valence-corrected chi connectivity index (χ4v) is 3.05. The van der Waals surface area contributed by atoms with E-state index < -0.39 is 44.5 Å². The summed E-state index contributed by atoms with van der Waals surface area (Å²) in [5, 5.41) is 20.2. The summed E-state index contributed by atoms with van der Waals surface area (Å²) in [5.74, 6) is -0.155. The first-order valence-corrected chi connectivity index (χ1v) is 8.54. The molecule has 5 atom stereocenters. The van der Waals surface area contributed by atoms with Gasteiger partial charge in [-0.1, -0.05) is 4.98 Å². The fraction of sp³-hybridized carbons (Fsp3) is 0.545. The fourth-order valence-electron chi connectivity index (χ4n) is 2.72. The van der Waals surface area contributed by atoms with Gasteiger partial charge in [-0.15, -0.1) is 0 Å². The highest BCUT2D eigenvalue weighted by molar-refractivity contribution is 7.44. The van der Waals surface area contributed by atoms with Gasteiger partial charge in [-0.05, 0) is 0 Å². The molecule has 0 amide bonds. The molecule has 0 radical (unpaired) electrons. The average Bonchev–Trinajstić information content (AvgIpc) is 2.95. The Morgan fingerprint density at radius 3 is 2.88 bits per heavy atom. The zero-order valence-corrected chi connectivity index (χ0v) is 13.7. The molecular weight excluding hydrogens is 361 g/mol. The first kappa shape index (κ1) is 17.9. The SMILES string of the molecule is Cn1c[n+]([C@@H]2O[C@H](COP(=O)([O-])O)[C@@H](O)[C@H]2O)c2nc(N)[nH]c(=O)c21. The smallest absolute Gasteiger partial charge is 0.313 e. The van der Waals surface area contributed by atoms with Gasteiger partial charge in [0.05, 0.1) is 13.7 Å². The molecule has 13 nitrogen and oxygen atoms in total. The van der Waals surface area contributed by atoms with Crippen molar-refractivity contribution in [3.63, 3.8) is 0 Å². The Bertz CT molecular complexity index is 906. The minimum atomic E-state index is -5.01. The number of phosphoric ester groups is 1. The molecule has 0 aliphatic carbocycles. The van der Waals surface area contributed by atoms with Crippen molar-refractivity contribution in [2.45, 2.75) is 24.5 Å². The Morgan fingerprint density at radius 1 is 1.56 bits per heavy atom. The van der Waals surface area contributed by atoms with E-state index in [4.69, 9.17) is 15.4 Å². The molecule has 138 valence electrons. The van der Waals surface area contributed by atoms with Crippen molar-refractivity contribution in [1.82, 2.24) is 14.5 Å². The monoisotopic (exact) mass is 377 g/mol. The molecular formula is C11H16N5O8P. The van der Waals surface area contributed by atoms with Crippen LogP contribution in [-0.4, -0.2) is 54.6 Å². The van der Waals surface area contributed by atoms with Gasteiger partial charge in [0.15, 0.2) is 6.33 Å². The number of H-pyrrole nitrogens is 1. The number of aliphatic hydroxyl groups is 2. The van der Waals surface area contributed by atoms with Crippen LogP contribution in [0.3, 0.4) is 0 Å². The van der Waals surface area contributed by atoms with Gasteiger partial charge in [-0.2, -0.15) is 0 Å². The predicted molar refractivity (Wildman–Crippen MR) is 77.6 cm³/mol. The van der Waals surface area contributed by atoms with E-state index in [9.17, 15) is 24.5 Å². The molecule has 0 saturated carbocycles. The molecule has 25 heavy (non-hydrogen) atoms. The number of aromatic amines is 1. The molecule has 1 aliphatic rings. The molecule has 14 heteroatoms. The first-order valence-electron chi connectivity index (χ1n) is 7.04. The lowest BCUT2D eigenvalue weighted by Crippen LogP contribution is -2.46. The number of aromatic nitrogens is 4. The maximum absolute atomic E-state index is 12.0. The highest BCUT2D eigenvalue weighted by atomic mass is 31.2. The average molecular weight is 377 g/mol. The quantitative estimate of drug-likeness (QED) is 0.260. The summed E-state index contributed by atoms with van der Waals surface area (Å²) in [7, 11) is -3.45. The van der Waals surface area contributed by atoms with E-state index in [1.54, 1.807) is 7.05 Å². The van der Waals surface area contributed by atoms with Crippen LogP contribution < -0.4 is 20.8 Å². The molecule has 1 aliphatic heterocycles. The van der Waals surface area contributed by atoms with Crippen LogP contribution in [-0.2, 0) is 20.9 Å². The number of aliphatic hydroxyl groups excluding tert-OH is 2. The molecule has 2 aromatic heterocycles. The summed E-state index contributed by atoms with van der Waals surface area (Å²) in [5.41, 5.74) is 5.27. The van der Waals surface area contributed by atoms with E-state index in [-0.39, 0.29) is 17.1 Å². The number of nitrogens with zero attached hydrogens (tertiary/aromatic N) is 3. The number of nitrogen functional groups attached to an aromatic ring is 1. The maximum Gasteiger partial charge on any atom is 0.313 e. The molecule has 0 aromatic carbocycles. The second kappa shape index (κ2) is 6.14. The molecule has 3 heterocycles. The van der Waals surface area contributed by atoms with Crippen molar-refractivity contribution in [1.29, 1.82) is 0 Å². The van der Waals surface area contributed by atoms with E-state index in [1.165, 1.54) is 15.5 Å². The minimum absolute atomic E-state index is 0.0956. The van der Waals surface area contributed by atoms with E-state index in [0.717, 1.165) is 0 Å². The summed E-state index contributed by atoms with van der Waals surface area (Å²) >= 11 is 0. The Kier molecular flexibility index (Phi) is 4.41. The Balaban J connectivity index is 1.96. The third kappa shape index (κ3) is 3.30. The van der Waals surface area contributed by atoms with Gasteiger partial charge < -0.3 is 35.0 Å². The van der Waals surface area contributed by atoms with Crippen LogP contribution in [0.2, 0.25) is 0 Å². The predicted octanol–water partition coefficient (Wildman–Crippen LogP) is -3.77. The van der Waals surface area contributed by atoms with Crippen LogP contribution >= 0.6 is 7.82 Å². The molecule has 3 rings (SSSR count). The van der Waals surface area contributed by atoms with E-state index in [0.29, 0.717) is 0 Å². The number of imidazole rings is 1. The summed E-state index contributed by atoms with van der Waals surface area (Å²) in [4.78, 5) is 37.6. The number of rotatable bonds is 4. The summed E-state index contributed by atoms with van der Waals surface area (Å²) in [6.07, 6.45) is -4.00. The third-order valence-corrected chi connectivity index (χ3v) is 4.28. The molecule has 6 N–H and O–H groups in total. The van der Waals surface area contributed by atoms with E-state index in [2.05, 4.69) is 14.5 Å². The molecule has 1 fully saturated rings. The first-order chi connectivity index (χ1) is 11.6. The van der Waals surface area contributed by atoms with Crippen molar-refractivity contribution in [2.24, 2.45) is 7.05 Å². The standard InChI is InChI=1S/C11H16N5O8P/c1-15-3-16(8-5(15)9(19)14-11(12)13-8)10-7(18)6(17)4(24-10)2-23-25(20,21)22/h3-4,6-7,10,17-18H,2H2,1H3,(H4-,12,13,14,19,20,21,22)/t4-,6-,7-,10-/m1/s1. The zero-order valence-electron chi connectivity index (χ0n) is 12.8. The number of aryl methyl sites for hydroxylation is 1. The van der Waals surface area contributed by atoms with Gasteiger partial charge >= 0.3 is 5.65 Å². The lowest BCUT2D eigenvalue weighted by atomic mass is 10.1. The summed E-state index contributed by atoms with van der Waals surface area (Å²) < 4.78 is 23.0. The number of nitrogens with two attached hydrogens (primary N) is 1. The second-order valence-corrected chi connectivity index (χ2v) is 6.76. The van der Waals surface area contributed by atoms with Crippen LogP contribution in [0.15, 0.2) is 11.1 Å². The van der Waals surface area contributed by atoms with Crippen molar-refractivity contribution in [2.75, 3.05) is 12.3 Å². The molecule has 0 spiro atoms. The van der Waals surface area contributed by atoms with E-state index in [1.807, 2.05) is 0 Å². The van der Waals surface area contributed by atoms with Crippen LogP contribution in [0.4, 0.5) is 5.95 Å². The van der Waals surface area contributed by atoms with Gasteiger partial charge in [0.25, 0.3) is 19.3 Å². The largest absolute Gasteiger partial charge is 0.756 e. The number of phosphoric acid groups is 1. The lowest BCUT2D eigenvalue weighted by molar-refractivity contribution is -0.745. The molecule has 1 saturated heterocycles. The van der Waals surface area contributed by atoms with Crippen LogP contribution in [0.1, 0.15) is 6.23 Å². The highest BCUT2D eigenvalue weighted by Gasteiger charge is 2.47. The van der Waals surface area contributed by atoms with Gasteiger partial charge in [-0.25, -0.2) is 4.57 Å². The summed E-state index contributed by atoms with van der Waals surface area (Å²) in [6.45, 7) is -0.701. The van der Waals surface area contributed by atoms with Gasteiger partial charge in [-0.3, -0.25) is 18.9 Å². The van der Waals surface area contributed by atoms with Gasteiger partial charge in [0, 0.05) is 0 Å². The number of hydrogen-bond donors (Lipinski definition) is 5. The normalized spacial score (nSPS) is 29.2. The van der Waals surface area contributed by atoms with Crippen LogP contribution in [0, 0.1) is 0 Å². The highest BCUT2D eigenvalue weighted by Crippen LogP contribution is 2.34. The van der Waals surface area contributed by atoms with Crippen LogP contribution in [0.5, 0.6) is 0 Å². The lowest BCUT2D eigenvalue weighted by Gasteiger charge is -2.19. The van der Waals surface area contributed by atoms with Gasteiger partial charge in [0.1, 0.15) is 18.3 Å². The molecule has 0 bridgehead atoms. The maximum atomic E-state index is 12.0. The van der Waals surface area contributed by atoms with Crippen molar-refractivity contribution in [3.05, 3.63) is 16.7 Å². The Hall–Kier alpha value is -1.86. The molecule has 1 unspecified atom stereocenters. The number of fused-ring (bicyclic) bond motifs is 1. The van der Waals surface area contributed by atoms with Crippen molar-refractivity contribution < 1.29 is 38.4 Å². The van der Waals surface area contributed by atoms with Crippen molar-refractivity contribution >= 4 is 24.9 Å². The Labute approximate surface area is 139 Å². The third-order valence-electron chi connectivity index (χ3n) is 3.80. The molecule has 2 aromatic rings. The number of anilines is 1. The number of ether oxygens (including phenoxy) is 1.